The molecule has 0 spiro atoms. The fourth-order valence-corrected chi connectivity index (χ4v) is 3.25. The fraction of sp³-hybridized carbons (Fsp3) is 0.304. The first-order valence-corrected chi connectivity index (χ1v) is 9.63. The van der Waals surface area contributed by atoms with E-state index < -0.39 is 5.91 Å². The second-order valence-electron chi connectivity index (χ2n) is 7.06. The lowest BCUT2D eigenvalue weighted by Gasteiger charge is -2.19. The minimum Gasteiger partial charge on any atom is -0.372 e. The van der Waals surface area contributed by atoms with E-state index >= 15 is 0 Å². The van der Waals surface area contributed by atoms with Gasteiger partial charge < -0.3 is 15.0 Å². The third kappa shape index (κ3) is 5.79. The van der Waals surface area contributed by atoms with Crippen LogP contribution in [0.2, 0.25) is 0 Å². The van der Waals surface area contributed by atoms with E-state index in [9.17, 15) is 4.79 Å². The van der Waals surface area contributed by atoms with Gasteiger partial charge in [0.1, 0.15) is 5.69 Å². The minimum atomic E-state index is -0.514. The van der Waals surface area contributed by atoms with Gasteiger partial charge in [-0.25, -0.2) is 4.98 Å². The number of hydrogen-bond acceptors (Lipinski definition) is 3. The minimum absolute atomic E-state index is 0.0270. The summed E-state index contributed by atoms with van der Waals surface area (Å²) in [6.45, 7) is 3.35. The molecule has 0 aliphatic carbocycles. The van der Waals surface area contributed by atoms with Crippen molar-refractivity contribution in [2.75, 3.05) is 0 Å². The van der Waals surface area contributed by atoms with Gasteiger partial charge in [0.05, 0.1) is 19.0 Å². The Morgan fingerprint density at radius 1 is 1.14 bits per heavy atom. The number of aryl methyl sites for hydroxylation is 2. The van der Waals surface area contributed by atoms with E-state index in [-0.39, 0.29) is 11.8 Å². The van der Waals surface area contributed by atoms with Crippen LogP contribution in [0.25, 0.3) is 0 Å². The molecule has 0 radical (unpaired) electrons. The van der Waals surface area contributed by atoms with Crippen LogP contribution in [0.15, 0.2) is 67.1 Å². The predicted octanol–water partition coefficient (Wildman–Crippen LogP) is 3.90. The molecular formula is C23H27N3O2. The maximum atomic E-state index is 11.3. The Balaban J connectivity index is 1.61. The van der Waals surface area contributed by atoms with Crippen LogP contribution in [-0.4, -0.2) is 21.6 Å². The number of carbonyl (C=O) groups excluding carboxylic acids is 1. The van der Waals surface area contributed by atoms with Crippen molar-refractivity contribution in [3.8, 4) is 0 Å². The van der Waals surface area contributed by atoms with Gasteiger partial charge in [-0.2, -0.15) is 0 Å². The summed E-state index contributed by atoms with van der Waals surface area (Å²) in [7, 11) is 0. The number of amides is 1. The van der Waals surface area contributed by atoms with E-state index in [4.69, 9.17) is 10.5 Å². The second kappa shape index (κ2) is 9.85. The SMILES string of the molecule is Cc1ccccc1CCC[C@@H](Cn1cnc(C(N)=O)c1)OCc1ccccc1. The quantitative estimate of drug-likeness (QED) is 0.582. The lowest BCUT2D eigenvalue weighted by molar-refractivity contribution is 0.0225. The van der Waals surface area contributed by atoms with Crippen molar-refractivity contribution in [2.45, 2.75) is 45.4 Å². The number of hydrogen-bond donors (Lipinski definition) is 1. The van der Waals surface area contributed by atoms with Crippen molar-refractivity contribution < 1.29 is 9.53 Å². The highest BCUT2D eigenvalue weighted by molar-refractivity contribution is 5.90. The topological polar surface area (TPSA) is 70.1 Å². The summed E-state index contributed by atoms with van der Waals surface area (Å²) in [4.78, 5) is 15.3. The smallest absolute Gasteiger partial charge is 0.268 e. The molecule has 0 aliphatic heterocycles. The predicted molar refractivity (Wildman–Crippen MR) is 110 cm³/mol. The van der Waals surface area contributed by atoms with Crippen molar-refractivity contribution in [3.63, 3.8) is 0 Å². The number of nitrogens with two attached hydrogens (primary N) is 1. The molecule has 1 heterocycles. The molecule has 0 fully saturated rings. The maximum Gasteiger partial charge on any atom is 0.268 e. The number of benzene rings is 2. The molecule has 1 atom stereocenters. The summed E-state index contributed by atoms with van der Waals surface area (Å²) >= 11 is 0. The summed E-state index contributed by atoms with van der Waals surface area (Å²) in [6.07, 6.45) is 6.32. The van der Waals surface area contributed by atoms with Gasteiger partial charge in [-0.15, -0.1) is 0 Å². The standard InChI is InChI=1S/C23H27N3O2/c1-18-8-5-6-11-20(18)12-7-13-21(28-16-19-9-3-2-4-10-19)14-26-15-22(23(24)27)25-17-26/h2-6,8-11,15,17,21H,7,12-14,16H2,1H3,(H2,24,27)/t21-/m0/s1. The first-order chi connectivity index (χ1) is 13.6. The van der Waals surface area contributed by atoms with Crippen molar-refractivity contribution in [1.29, 1.82) is 0 Å². The van der Waals surface area contributed by atoms with Gasteiger partial charge >= 0.3 is 0 Å². The number of rotatable bonds is 10. The molecule has 1 amide bonds. The zero-order chi connectivity index (χ0) is 19.8. The van der Waals surface area contributed by atoms with E-state index in [0.29, 0.717) is 13.2 Å². The molecular weight excluding hydrogens is 350 g/mol. The maximum absolute atomic E-state index is 11.3. The Hall–Kier alpha value is -2.92. The van der Waals surface area contributed by atoms with Gasteiger partial charge in [-0.3, -0.25) is 4.79 Å². The number of imidazole rings is 1. The Morgan fingerprint density at radius 3 is 2.61 bits per heavy atom. The fourth-order valence-electron chi connectivity index (χ4n) is 3.25. The van der Waals surface area contributed by atoms with Crippen molar-refractivity contribution in [3.05, 3.63) is 89.5 Å². The summed E-state index contributed by atoms with van der Waals surface area (Å²) in [5.41, 5.74) is 9.43. The van der Waals surface area contributed by atoms with E-state index in [1.54, 1.807) is 12.5 Å². The molecule has 0 bridgehead atoms. The molecule has 2 N–H and O–H groups in total. The van der Waals surface area contributed by atoms with E-state index in [1.807, 2.05) is 22.8 Å². The van der Waals surface area contributed by atoms with Crippen LogP contribution in [0.5, 0.6) is 0 Å². The normalized spacial score (nSPS) is 12.0. The third-order valence-corrected chi connectivity index (χ3v) is 4.86. The molecule has 0 unspecified atom stereocenters. The summed E-state index contributed by atoms with van der Waals surface area (Å²) in [5.74, 6) is -0.514. The van der Waals surface area contributed by atoms with Crippen LogP contribution in [0, 0.1) is 6.92 Å². The first-order valence-electron chi connectivity index (χ1n) is 9.63. The molecule has 5 heteroatoms. The Labute approximate surface area is 166 Å². The molecule has 3 aromatic rings. The van der Waals surface area contributed by atoms with Crippen LogP contribution in [-0.2, 0) is 24.3 Å². The highest BCUT2D eigenvalue weighted by Crippen LogP contribution is 2.15. The average molecular weight is 377 g/mol. The van der Waals surface area contributed by atoms with Crippen LogP contribution >= 0.6 is 0 Å². The molecule has 5 nitrogen and oxygen atoms in total. The number of primary amides is 1. The molecule has 3 rings (SSSR count). The second-order valence-corrected chi connectivity index (χ2v) is 7.06. The largest absolute Gasteiger partial charge is 0.372 e. The zero-order valence-corrected chi connectivity index (χ0v) is 16.3. The molecule has 1 aromatic heterocycles. The van der Waals surface area contributed by atoms with Gasteiger partial charge in [0, 0.05) is 12.7 Å². The Kier molecular flexibility index (Phi) is 6.98. The number of ether oxygens (including phenoxy) is 1. The van der Waals surface area contributed by atoms with Gasteiger partial charge in [-0.1, -0.05) is 54.6 Å². The molecule has 146 valence electrons. The number of nitrogens with zero attached hydrogens (tertiary/aromatic N) is 2. The molecule has 0 saturated carbocycles. The van der Waals surface area contributed by atoms with Crippen LogP contribution in [0.4, 0.5) is 0 Å². The summed E-state index contributed by atoms with van der Waals surface area (Å²) in [6, 6.07) is 18.6. The number of carbonyl (C=O) groups is 1. The van der Waals surface area contributed by atoms with E-state index in [0.717, 1.165) is 24.8 Å². The van der Waals surface area contributed by atoms with Crippen molar-refractivity contribution in [1.82, 2.24) is 9.55 Å². The van der Waals surface area contributed by atoms with Crippen LogP contribution in [0.1, 0.15) is 40.0 Å². The van der Waals surface area contributed by atoms with E-state index in [2.05, 4.69) is 48.3 Å². The van der Waals surface area contributed by atoms with Gasteiger partial charge in [0.15, 0.2) is 0 Å². The van der Waals surface area contributed by atoms with E-state index in [1.165, 1.54) is 11.1 Å². The number of aromatic nitrogens is 2. The Morgan fingerprint density at radius 2 is 1.89 bits per heavy atom. The lowest BCUT2D eigenvalue weighted by atomic mass is 10.0. The molecule has 0 aliphatic rings. The zero-order valence-electron chi connectivity index (χ0n) is 16.3. The molecule has 28 heavy (non-hydrogen) atoms. The van der Waals surface area contributed by atoms with Gasteiger partial charge in [-0.05, 0) is 42.9 Å². The Bertz CT molecular complexity index is 890. The third-order valence-electron chi connectivity index (χ3n) is 4.86. The molecule has 0 saturated heterocycles. The monoisotopic (exact) mass is 377 g/mol. The summed E-state index contributed by atoms with van der Waals surface area (Å²) in [5, 5.41) is 0. The average Bonchev–Trinajstić information content (AvgIpc) is 3.17. The van der Waals surface area contributed by atoms with Crippen molar-refractivity contribution >= 4 is 5.91 Å². The lowest BCUT2D eigenvalue weighted by Crippen LogP contribution is -2.20. The highest BCUT2D eigenvalue weighted by Gasteiger charge is 2.13. The summed E-state index contributed by atoms with van der Waals surface area (Å²) < 4.78 is 8.08. The van der Waals surface area contributed by atoms with Crippen LogP contribution < -0.4 is 5.73 Å². The first kappa shape index (κ1) is 19.8. The van der Waals surface area contributed by atoms with Crippen LogP contribution in [0.3, 0.4) is 0 Å². The van der Waals surface area contributed by atoms with Gasteiger partial charge in [0.25, 0.3) is 5.91 Å². The molecule has 2 aromatic carbocycles. The highest BCUT2D eigenvalue weighted by atomic mass is 16.5. The van der Waals surface area contributed by atoms with Crippen molar-refractivity contribution in [2.24, 2.45) is 5.73 Å². The van der Waals surface area contributed by atoms with Gasteiger partial charge in [0.2, 0.25) is 0 Å².